The Morgan fingerprint density at radius 2 is 1.77 bits per heavy atom. The van der Waals surface area contributed by atoms with Gasteiger partial charge in [0.15, 0.2) is 0 Å². The molecule has 0 unspecified atom stereocenters. The molecule has 0 radical (unpaired) electrons. The second-order valence-corrected chi connectivity index (χ2v) is 5.53. The number of fused-ring (bicyclic) bond motifs is 1. The number of phenolic OH excluding ortho intramolecular Hbond substituents is 1. The van der Waals surface area contributed by atoms with Gasteiger partial charge in [-0.15, -0.1) is 0 Å². The molecule has 3 aromatic rings. The first kappa shape index (κ1) is 16.9. The first-order valence-corrected chi connectivity index (χ1v) is 7.33. The highest BCUT2D eigenvalue weighted by Crippen LogP contribution is 2.30. The Morgan fingerprint density at radius 1 is 1.04 bits per heavy atom. The fourth-order valence-electron chi connectivity index (χ4n) is 2.60. The van der Waals surface area contributed by atoms with Gasteiger partial charge in [0.25, 0.3) is 11.2 Å². The van der Waals surface area contributed by atoms with E-state index >= 15 is 0 Å². The van der Waals surface area contributed by atoms with Crippen LogP contribution in [0.3, 0.4) is 0 Å². The number of phenols is 1. The summed E-state index contributed by atoms with van der Waals surface area (Å²) < 4.78 is 1.04. The summed E-state index contributed by atoms with van der Waals surface area (Å²) in [5.41, 5.74) is 1.98. The average molecular weight is 356 g/mol. The Labute approximate surface area is 145 Å². The number of nitrogens with one attached hydrogen (secondary N) is 1. The van der Waals surface area contributed by atoms with Crippen LogP contribution < -0.4 is 11.0 Å². The van der Waals surface area contributed by atoms with E-state index in [4.69, 9.17) is 0 Å². The van der Waals surface area contributed by atoms with Crippen LogP contribution in [0, 0.1) is 27.2 Å². The number of aromatic nitrogens is 1. The summed E-state index contributed by atoms with van der Waals surface area (Å²) in [5.74, 6) is -0.0868. The summed E-state index contributed by atoms with van der Waals surface area (Å²) in [7, 11) is 0. The van der Waals surface area contributed by atoms with Crippen LogP contribution in [0.25, 0.3) is 10.9 Å². The van der Waals surface area contributed by atoms with E-state index in [-0.39, 0.29) is 11.4 Å². The van der Waals surface area contributed by atoms with Crippen molar-refractivity contribution in [3.05, 3.63) is 78.6 Å². The van der Waals surface area contributed by atoms with E-state index in [1.54, 1.807) is 13.0 Å². The Balaban J connectivity index is 2.21. The number of nitro benzene ring substituents is 2. The van der Waals surface area contributed by atoms with Gasteiger partial charge in [-0.1, -0.05) is 0 Å². The Bertz CT molecular complexity index is 1120. The topological polar surface area (TPSA) is 141 Å². The van der Waals surface area contributed by atoms with Crippen LogP contribution in [0.4, 0.5) is 17.1 Å². The third kappa shape index (κ3) is 2.90. The number of aryl methyl sites for hydroxylation is 1. The van der Waals surface area contributed by atoms with Crippen molar-refractivity contribution in [2.24, 2.45) is 0 Å². The van der Waals surface area contributed by atoms with Gasteiger partial charge in [0.2, 0.25) is 0 Å². The first-order valence-electron chi connectivity index (χ1n) is 7.33. The monoisotopic (exact) mass is 356 g/mol. The molecule has 1 heterocycles. The number of anilines is 1. The quantitative estimate of drug-likeness (QED) is 0.541. The smallest absolute Gasteiger partial charge is 0.300 e. The highest BCUT2D eigenvalue weighted by molar-refractivity contribution is 5.84. The number of aromatic hydroxyl groups is 1. The molecule has 0 spiro atoms. The van der Waals surface area contributed by atoms with Crippen molar-refractivity contribution in [2.45, 2.75) is 6.92 Å². The highest BCUT2D eigenvalue weighted by Gasteiger charge is 2.20. The summed E-state index contributed by atoms with van der Waals surface area (Å²) in [6.07, 6.45) is 0. The molecule has 10 heteroatoms. The molecule has 0 saturated carbocycles. The average Bonchev–Trinajstić information content (AvgIpc) is 2.58. The van der Waals surface area contributed by atoms with Crippen LogP contribution in [-0.4, -0.2) is 19.6 Å². The maximum absolute atomic E-state index is 12.4. The van der Waals surface area contributed by atoms with Gasteiger partial charge in [0.1, 0.15) is 11.4 Å². The molecule has 0 aliphatic carbocycles. The van der Waals surface area contributed by atoms with Crippen molar-refractivity contribution < 1.29 is 15.0 Å². The minimum atomic E-state index is -0.784. The molecule has 2 N–H and O–H groups in total. The second kappa shape index (κ2) is 6.16. The molecule has 2 aromatic carbocycles. The van der Waals surface area contributed by atoms with Gasteiger partial charge < -0.3 is 5.11 Å². The number of hydrogen-bond donors (Lipinski definition) is 2. The maximum Gasteiger partial charge on any atom is 0.300 e. The zero-order chi connectivity index (χ0) is 19.0. The highest BCUT2D eigenvalue weighted by atomic mass is 16.6. The van der Waals surface area contributed by atoms with Crippen molar-refractivity contribution in [1.29, 1.82) is 0 Å². The summed E-state index contributed by atoms with van der Waals surface area (Å²) >= 11 is 0. The Hall–Kier alpha value is -3.95. The van der Waals surface area contributed by atoms with Crippen LogP contribution >= 0.6 is 0 Å². The lowest BCUT2D eigenvalue weighted by Gasteiger charge is -2.14. The summed E-state index contributed by atoms with van der Waals surface area (Å²) in [6, 6.07) is 8.80. The number of non-ortho nitro benzene ring substituents is 1. The predicted molar refractivity (Wildman–Crippen MR) is 93.4 cm³/mol. The van der Waals surface area contributed by atoms with Crippen molar-refractivity contribution in [3.63, 3.8) is 0 Å². The molecule has 0 aliphatic heterocycles. The molecule has 132 valence electrons. The number of pyridine rings is 1. The van der Waals surface area contributed by atoms with Crippen molar-refractivity contribution >= 4 is 28.0 Å². The largest absolute Gasteiger partial charge is 0.508 e. The van der Waals surface area contributed by atoms with Crippen molar-refractivity contribution in [2.75, 3.05) is 5.43 Å². The fraction of sp³-hybridized carbons (Fsp3) is 0.0625. The lowest BCUT2D eigenvalue weighted by molar-refractivity contribution is -0.393. The summed E-state index contributed by atoms with van der Waals surface area (Å²) in [4.78, 5) is 32.9. The second-order valence-electron chi connectivity index (χ2n) is 5.53. The zero-order valence-electron chi connectivity index (χ0n) is 13.4. The standard InChI is InChI=1S/C16H12N4O6/c1-9-6-16(22)18(14-8-11(21)3-4-12(9)14)17-13-5-2-10(19(23)24)7-15(13)20(25)26/h2-8,17,21H,1H3. The minimum absolute atomic E-state index is 0.0868. The van der Waals surface area contributed by atoms with Crippen LogP contribution in [0.5, 0.6) is 5.75 Å². The van der Waals surface area contributed by atoms with Crippen LogP contribution in [0.15, 0.2) is 47.3 Å². The van der Waals surface area contributed by atoms with Gasteiger partial charge in [-0.3, -0.25) is 30.4 Å². The Kier molecular flexibility index (Phi) is 4.01. The van der Waals surface area contributed by atoms with Crippen molar-refractivity contribution in [3.8, 4) is 5.75 Å². The maximum atomic E-state index is 12.4. The Morgan fingerprint density at radius 3 is 2.42 bits per heavy atom. The first-order chi connectivity index (χ1) is 12.3. The number of benzene rings is 2. The van der Waals surface area contributed by atoms with E-state index in [9.17, 15) is 30.1 Å². The molecule has 0 fully saturated rings. The molecule has 26 heavy (non-hydrogen) atoms. The normalized spacial score (nSPS) is 10.7. The van der Waals surface area contributed by atoms with E-state index in [0.29, 0.717) is 16.5 Å². The summed E-state index contributed by atoms with van der Waals surface area (Å²) in [5, 5.41) is 32.5. The molecule has 0 saturated heterocycles. The molecule has 1 aromatic heterocycles. The van der Waals surface area contributed by atoms with E-state index < -0.39 is 26.8 Å². The van der Waals surface area contributed by atoms with Crippen LogP contribution in [-0.2, 0) is 0 Å². The molecule has 0 amide bonds. The number of rotatable bonds is 4. The third-order valence-electron chi connectivity index (χ3n) is 3.83. The molecular formula is C16H12N4O6. The van der Waals surface area contributed by atoms with Gasteiger partial charge in [0.05, 0.1) is 21.4 Å². The number of nitro groups is 2. The SMILES string of the molecule is Cc1cc(=O)n(Nc2ccc([N+](=O)[O-])cc2[N+](=O)[O-])c2cc(O)ccc12. The lowest BCUT2D eigenvalue weighted by atomic mass is 10.1. The van der Waals surface area contributed by atoms with Gasteiger partial charge in [-0.2, -0.15) is 0 Å². The molecule has 0 aliphatic rings. The summed E-state index contributed by atoms with van der Waals surface area (Å²) in [6.45, 7) is 1.72. The predicted octanol–water partition coefficient (Wildman–Crippen LogP) is 2.71. The lowest BCUT2D eigenvalue weighted by Crippen LogP contribution is -2.26. The van der Waals surface area contributed by atoms with Gasteiger partial charge in [-0.05, 0) is 30.7 Å². The van der Waals surface area contributed by atoms with E-state index in [1.165, 1.54) is 18.2 Å². The third-order valence-corrected chi connectivity index (χ3v) is 3.83. The van der Waals surface area contributed by atoms with Gasteiger partial charge in [-0.25, -0.2) is 4.68 Å². The van der Waals surface area contributed by atoms with E-state index in [0.717, 1.165) is 22.9 Å². The number of nitrogens with zero attached hydrogens (tertiary/aromatic N) is 3. The van der Waals surface area contributed by atoms with Gasteiger partial charge in [0, 0.05) is 23.6 Å². The molecule has 0 atom stereocenters. The van der Waals surface area contributed by atoms with Crippen molar-refractivity contribution in [1.82, 2.24) is 4.68 Å². The molecule has 10 nitrogen and oxygen atoms in total. The zero-order valence-corrected chi connectivity index (χ0v) is 13.4. The van der Waals surface area contributed by atoms with Crippen LogP contribution in [0.2, 0.25) is 0 Å². The van der Waals surface area contributed by atoms with Crippen LogP contribution in [0.1, 0.15) is 5.56 Å². The minimum Gasteiger partial charge on any atom is -0.508 e. The number of hydrogen-bond acceptors (Lipinski definition) is 7. The molecule has 3 rings (SSSR count). The molecule has 0 bridgehead atoms. The fourth-order valence-corrected chi connectivity index (χ4v) is 2.60. The van der Waals surface area contributed by atoms with E-state index in [2.05, 4.69) is 5.43 Å². The van der Waals surface area contributed by atoms with Gasteiger partial charge >= 0.3 is 5.69 Å². The molecular weight excluding hydrogens is 344 g/mol. The van der Waals surface area contributed by atoms with E-state index in [1.807, 2.05) is 0 Å².